The lowest BCUT2D eigenvalue weighted by Gasteiger charge is -2.50. The molecular formula is C18H22S2. The van der Waals surface area contributed by atoms with Gasteiger partial charge in [-0.3, -0.25) is 0 Å². The third kappa shape index (κ3) is 1.71. The first-order chi connectivity index (χ1) is 9.40. The summed E-state index contributed by atoms with van der Waals surface area (Å²) in [6.45, 7) is 9.26. The maximum atomic E-state index is 5.26. The fourth-order valence-electron chi connectivity index (χ4n) is 3.28. The van der Waals surface area contributed by atoms with Gasteiger partial charge in [0, 0.05) is 15.2 Å². The van der Waals surface area contributed by atoms with Gasteiger partial charge in [0.2, 0.25) is 0 Å². The molecule has 0 radical (unpaired) electrons. The molecular weight excluding hydrogens is 280 g/mol. The molecule has 0 aromatic heterocycles. The Morgan fingerprint density at radius 2 is 1.25 bits per heavy atom. The van der Waals surface area contributed by atoms with Gasteiger partial charge in [0.1, 0.15) is 0 Å². The predicted octanol–water partition coefficient (Wildman–Crippen LogP) is 5.80. The Hall–Kier alpha value is -0.860. The highest BCUT2D eigenvalue weighted by Crippen LogP contribution is 2.74. The van der Waals surface area contributed by atoms with Crippen molar-refractivity contribution in [2.45, 2.75) is 48.2 Å². The van der Waals surface area contributed by atoms with Gasteiger partial charge in [-0.2, -0.15) is 0 Å². The standard InChI is InChI=1S/C18H22S2/c1-13(2)20(19)16-11-7-5-9-14(16)18(3,4)15-10-6-8-12-17(15)20/h5-13,19H,1-4H3. The van der Waals surface area contributed by atoms with Crippen LogP contribution in [0.3, 0.4) is 0 Å². The van der Waals surface area contributed by atoms with E-state index in [-0.39, 0.29) is 5.41 Å². The van der Waals surface area contributed by atoms with Crippen LogP contribution in [0.2, 0.25) is 0 Å². The lowest BCUT2D eigenvalue weighted by Crippen LogP contribution is -2.29. The SMILES string of the molecule is CC(C)S1(S)c2ccccc2C(C)(C)c2ccccc21. The van der Waals surface area contributed by atoms with Crippen LogP contribution in [0.1, 0.15) is 38.8 Å². The normalized spacial score (nSPS) is 20.1. The minimum Gasteiger partial charge on any atom is -0.138 e. The molecule has 0 amide bonds. The summed E-state index contributed by atoms with van der Waals surface area (Å²) in [7, 11) is -1.25. The molecule has 0 fully saturated rings. The Balaban J connectivity index is 2.42. The number of hydrogen-bond acceptors (Lipinski definition) is 1. The van der Waals surface area contributed by atoms with Gasteiger partial charge >= 0.3 is 0 Å². The summed E-state index contributed by atoms with van der Waals surface area (Å²) in [5, 5.41) is 0.518. The number of rotatable bonds is 1. The zero-order valence-corrected chi connectivity index (χ0v) is 14.3. The Bertz CT molecular complexity index is 606. The number of thiol groups is 1. The van der Waals surface area contributed by atoms with Crippen LogP contribution < -0.4 is 0 Å². The van der Waals surface area contributed by atoms with E-state index in [1.165, 1.54) is 20.9 Å². The van der Waals surface area contributed by atoms with Gasteiger partial charge in [0.15, 0.2) is 0 Å². The Kier molecular flexibility index (Phi) is 3.22. The van der Waals surface area contributed by atoms with E-state index in [0.29, 0.717) is 5.25 Å². The molecule has 2 aromatic carbocycles. The lowest BCUT2D eigenvalue weighted by molar-refractivity contribution is 0.604. The molecule has 0 N–H and O–H groups in total. The molecule has 0 bridgehead atoms. The summed E-state index contributed by atoms with van der Waals surface area (Å²) >= 11 is 5.26. The van der Waals surface area contributed by atoms with E-state index in [0.717, 1.165) is 0 Å². The van der Waals surface area contributed by atoms with Crippen molar-refractivity contribution in [2.24, 2.45) is 0 Å². The average Bonchev–Trinajstić information content (AvgIpc) is 2.45. The highest BCUT2D eigenvalue weighted by Gasteiger charge is 2.42. The number of benzene rings is 2. The second-order valence-electron chi connectivity index (χ2n) is 6.29. The van der Waals surface area contributed by atoms with Crippen molar-refractivity contribution in [3.8, 4) is 0 Å². The first-order valence-electron chi connectivity index (χ1n) is 7.14. The first kappa shape index (κ1) is 14.1. The van der Waals surface area contributed by atoms with E-state index in [1.807, 2.05) is 0 Å². The molecule has 0 saturated carbocycles. The van der Waals surface area contributed by atoms with Crippen molar-refractivity contribution in [3.05, 3.63) is 59.7 Å². The monoisotopic (exact) mass is 302 g/mol. The summed E-state index contributed by atoms with van der Waals surface area (Å²) in [4.78, 5) is 2.89. The van der Waals surface area contributed by atoms with Gasteiger partial charge in [-0.05, 0) is 28.5 Å². The smallest absolute Gasteiger partial charge is 0.0168 e. The van der Waals surface area contributed by atoms with Crippen LogP contribution in [0.25, 0.3) is 0 Å². The van der Waals surface area contributed by atoms with Crippen LogP contribution in [0.5, 0.6) is 0 Å². The van der Waals surface area contributed by atoms with Crippen molar-refractivity contribution in [3.63, 3.8) is 0 Å². The third-order valence-corrected chi connectivity index (χ3v) is 10.3. The first-order valence-corrected chi connectivity index (χ1v) is 9.88. The predicted molar refractivity (Wildman–Crippen MR) is 93.3 cm³/mol. The molecule has 0 saturated heterocycles. The van der Waals surface area contributed by atoms with E-state index in [1.54, 1.807) is 0 Å². The quantitative estimate of drug-likeness (QED) is 0.499. The zero-order valence-electron chi connectivity index (χ0n) is 12.6. The van der Waals surface area contributed by atoms with Gasteiger partial charge in [-0.1, -0.05) is 64.1 Å². The second kappa shape index (κ2) is 4.57. The fourth-order valence-corrected chi connectivity index (χ4v) is 7.38. The van der Waals surface area contributed by atoms with Crippen LogP contribution in [0, 0.1) is 0 Å². The number of hydrogen-bond donors (Lipinski definition) is 1. The molecule has 0 spiro atoms. The highest BCUT2D eigenvalue weighted by atomic mass is 33.1. The van der Waals surface area contributed by atoms with E-state index >= 15 is 0 Å². The summed E-state index contributed by atoms with van der Waals surface area (Å²) < 4.78 is 0. The number of fused-ring (bicyclic) bond motifs is 2. The molecule has 1 aliphatic heterocycles. The average molecular weight is 303 g/mol. The van der Waals surface area contributed by atoms with Gasteiger partial charge in [-0.25, -0.2) is 0 Å². The molecule has 0 nitrogen and oxygen atoms in total. The van der Waals surface area contributed by atoms with Crippen molar-refractivity contribution in [1.82, 2.24) is 0 Å². The highest BCUT2D eigenvalue weighted by molar-refractivity contribution is 8.88. The molecule has 2 aromatic rings. The van der Waals surface area contributed by atoms with E-state index in [2.05, 4.69) is 76.2 Å². The summed E-state index contributed by atoms with van der Waals surface area (Å²) in [6, 6.07) is 17.8. The van der Waals surface area contributed by atoms with Crippen molar-refractivity contribution in [2.75, 3.05) is 0 Å². The Morgan fingerprint density at radius 1 is 0.850 bits per heavy atom. The van der Waals surface area contributed by atoms with Crippen molar-refractivity contribution in [1.29, 1.82) is 0 Å². The summed E-state index contributed by atoms with van der Waals surface area (Å²) in [5.41, 5.74) is 2.94. The molecule has 2 heteroatoms. The fraction of sp³-hybridized carbons (Fsp3) is 0.333. The minimum absolute atomic E-state index is 0.0569. The van der Waals surface area contributed by atoms with Crippen LogP contribution in [-0.2, 0) is 5.41 Å². The molecule has 3 rings (SSSR count). The van der Waals surface area contributed by atoms with Gasteiger partial charge in [0.25, 0.3) is 0 Å². The second-order valence-corrected chi connectivity index (χ2v) is 11.1. The van der Waals surface area contributed by atoms with Crippen LogP contribution in [0.4, 0.5) is 0 Å². The Morgan fingerprint density at radius 3 is 1.65 bits per heavy atom. The zero-order chi connectivity index (χ0) is 14.5. The molecule has 20 heavy (non-hydrogen) atoms. The van der Waals surface area contributed by atoms with E-state index in [9.17, 15) is 0 Å². The van der Waals surface area contributed by atoms with Crippen LogP contribution in [-0.4, -0.2) is 5.25 Å². The molecule has 1 aliphatic rings. The maximum Gasteiger partial charge on any atom is 0.0168 e. The van der Waals surface area contributed by atoms with Crippen LogP contribution in [0.15, 0.2) is 58.3 Å². The van der Waals surface area contributed by atoms with Gasteiger partial charge in [0.05, 0.1) is 0 Å². The van der Waals surface area contributed by atoms with Gasteiger partial charge in [-0.15, -0.1) is 20.7 Å². The van der Waals surface area contributed by atoms with E-state index in [4.69, 9.17) is 11.7 Å². The molecule has 0 unspecified atom stereocenters. The largest absolute Gasteiger partial charge is 0.138 e. The lowest BCUT2D eigenvalue weighted by atomic mass is 9.78. The molecule has 0 atom stereocenters. The van der Waals surface area contributed by atoms with Crippen molar-refractivity contribution >= 4 is 20.7 Å². The van der Waals surface area contributed by atoms with Crippen molar-refractivity contribution < 1.29 is 0 Å². The summed E-state index contributed by atoms with van der Waals surface area (Å²) in [5.74, 6) is 0. The Labute approximate surface area is 128 Å². The molecule has 106 valence electrons. The van der Waals surface area contributed by atoms with Crippen LogP contribution >= 0.6 is 20.7 Å². The van der Waals surface area contributed by atoms with Gasteiger partial charge < -0.3 is 0 Å². The molecule has 1 heterocycles. The third-order valence-electron chi connectivity index (χ3n) is 4.47. The maximum absolute atomic E-state index is 5.26. The topological polar surface area (TPSA) is 0 Å². The summed E-state index contributed by atoms with van der Waals surface area (Å²) in [6.07, 6.45) is 0. The van der Waals surface area contributed by atoms with E-state index < -0.39 is 9.06 Å². The minimum atomic E-state index is -1.25. The molecule has 0 aliphatic carbocycles.